The first-order valence-corrected chi connectivity index (χ1v) is 7.98. The van der Waals surface area contributed by atoms with Gasteiger partial charge in [-0.3, -0.25) is 10.1 Å². The Hall–Kier alpha value is -2.73. The van der Waals surface area contributed by atoms with Crippen LogP contribution >= 0.6 is 11.6 Å². The van der Waals surface area contributed by atoms with Crippen LogP contribution in [0.25, 0.3) is 10.9 Å². The number of anilines is 2. The first kappa shape index (κ1) is 14.8. The Bertz CT molecular complexity index is 960. The lowest BCUT2D eigenvalue weighted by Crippen LogP contribution is -2.25. The molecule has 1 aromatic heterocycles. The minimum absolute atomic E-state index is 0.0118. The lowest BCUT2D eigenvalue weighted by atomic mass is 10.0. The Balaban J connectivity index is 1.93. The highest BCUT2D eigenvalue weighted by Crippen LogP contribution is 2.36. The number of nitro groups is 1. The largest absolute Gasteiger partial charge is 0.325 e. The maximum Gasteiger partial charge on any atom is 0.271 e. The maximum absolute atomic E-state index is 11.0. The number of halogens is 1. The van der Waals surface area contributed by atoms with Gasteiger partial charge in [-0.25, -0.2) is 4.98 Å². The normalized spacial score (nSPS) is 13.8. The lowest BCUT2D eigenvalue weighted by Gasteiger charge is -2.31. The summed E-state index contributed by atoms with van der Waals surface area (Å²) >= 11 is 6.08. The molecule has 3 aromatic rings. The summed E-state index contributed by atoms with van der Waals surface area (Å²) in [7, 11) is 0. The number of rotatable bonds is 2. The summed E-state index contributed by atoms with van der Waals surface area (Å²) in [6, 6.07) is 12.8. The summed E-state index contributed by atoms with van der Waals surface area (Å²) in [6.45, 7) is 0.816. The summed E-state index contributed by atoms with van der Waals surface area (Å²) in [5.41, 5.74) is 2.82. The third-order valence-corrected chi connectivity index (χ3v) is 4.38. The smallest absolute Gasteiger partial charge is 0.271 e. The Morgan fingerprint density at radius 2 is 2.00 bits per heavy atom. The van der Waals surface area contributed by atoms with E-state index in [9.17, 15) is 10.1 Å². The lowest BCUT2D eigenvalue weighted by molar-refractivity contribution is -0.384. The summed E-state index contributed by atoms with van der Waals surface area (Å²) in [4.78, 5) is 21.2. The van der Waals surface area contributed by atoms with Crippen molar-refractivity contribution in [1.82, 2.24) is 9.97 Å². The van der Waals surface area contributed by atoms with E-state index < -0.39 is 4.92 Å². The van der Waals surface area contributed by atoms with E-state index >= 15 is 0 Å². The van der Waals surface area contributed by atoms with Gasteiger partial charge >= 0.3 is 0 Å². The average Bonchev–Trinajstić information content (AvgIpc) is 2.60. The molecule has 1 aliphatic heterocycles. The van der Waals surface area contributed by atoms with Crippen molar-refractivity contribution in [1.29, 1.82) is 0 Å². The highest BCUT2D eigenvalue weighted by atomic mass is 35.5. The number of para-hydroxylation sites is 1. The third kappa shape index (κ3) is 2.45. The number of aromatic nitrogens is 2. The van der Waals surface area contributed by atoms with Crippen molar-refractivity contribution in [3.63, 3.8) is 0 Å². The van der Waals surface area contributed by atoms with Crippen molar-refractivity contribution < 1.29 is 4.92 Å². The first-order valence-electron chi connectivity index (χ1n) is 7.60. The summed E-state index contributed by atoms with van der Waals surface area (Å²) in [6.07, 6.45) is 2.03. The van der Waals surface area contributed by atoms with Gasteiger partial charge in [0.25, 0.3) is 5.69 Å². The van der Waals surface area contributed by atoms with E-state index in [0.717, 1.165) is 30.5 Å². The minimum atomic E-state index is -0.439. The third-order valence-electron chi connectivity index (χ3n) is 4.21. The molecule has 4 rings (SSSR count). The van der Waals surface area contributed by atoms with Gasteiger partial charge in [0.2, 0.25) is 5.28 Å². The van der Waals surface area contributed by atoms with Crippen LogP contribution in [0.3, 0.4) is 0 Å². The number of nitrogens with zero attached hydrogens (tertiary/aromatic N) is 4. The number of hydrogen-bond donors (Lipinski definition) is 0. The second kappa shape index (κ2) is 5.72. The molecule has 120 valence electrons. The molecule has 7 heteroatoms. The predicted molar refractivity (Wildman–Crippen MR) is 93.0 cm³/mol. The molecule has 0 spiro atoms. The van der Waals surface area contributed by atoms with E-state index in [1.165, 1.54) is 17.7 Å². The highest BCUT2D eigenvalue weighted by molar-refractivity contribution is 6.28. The van der Waals surface area contributed by atoms with E-state index in [1.807, 2.05) is 12.1 Å². The van der Waals surface area contributed by atoms with Crippen LogP contribution in [0.15, 0.2) is 42.5 Å². The van der Waals surface area contributed by atoms with Crippen molar-refractivity contribution in [2.45, 2.75) is 12.8 Å². The van der Waals surface area contributed by atoms with Crippen LogP contribution in [0.4, 0.5) is 17.2 Å². The van der Waals surface area contributed by atoms with Gasteiger partial charge in [-0.1, -0.05) is 18.2 Å². The molecule has 0 unspecified atom stereocenters. The van der Waals surface area contributed by atoms with Gasteiger partial charge < -0.3 is 4.90 Å². The van der Waals surface area contributed by atoms with Crippen molar-refractivity contribution in [3.8, 4) is 0 Å². The SMILES string of the molecule is O=[N+]([O-])c1ccc2c(N3CCCc4ccccc43)nc(Cl)nc2c1. The van der Waals surface area contributed by atoms with E-state index in [1.54, 1.807) is 6.07 Å². The molecule has 0 fully saturated rings. The summed E-state index contributed by atoms with van der Waals surface area (Å²) in [5.74, 6) is 0.687. The molecule has 0 atom stereocenters. The molecule has 2 heterocycles. The average molecular weight is 341 g/mol. The Labute approximate surface area is 142 Å². The van der Waals surface area contributed by atoms with Crippen LogP contribution in [0.1, 0.15) is 12.0 Å². The molecule has 0 aliphatic carbocycles. The molecule has 0 saturated heterocycles. The van der Waals surface area contributed by atoms with Gasteiger partial charge in [-0.05, 0) is 42.1 Å². The van der Waals surface area contributed by atoms with Crippen LogP contribution in [-0.2, 0) is 6.42 Å². The van der Waals surface area contributed by atoms with Crippen molar-refractivity contribution in [2.24, 2.45) is 0 Å². The molecule has 2 aromatic carbocycles. The van der Waals surface area contributed by atoms with Gasteiger partial charge in [-0.15, -0.1) is 0 Å². The highest BCUT2D eigenvalue weighted by Gasteiger charge is 2.22. The second-order valence-electron chi connectivity index (χ2n) is 5.66. The Morgan fingerprint density at radius 3 is 2.83 bits per heavy atom. The van der Waals surface area contributed by atoms with Crippen molar-refractivity contribution in [2.75, 3.05) is 11.4 Å². The molecule has 0 saturated carbocycles. The number of fused-ring (bicyclic) bond motifs is 2. The topological polar surface area (TPSA) is 72.2 Å². The molecule has 0 radical (unpaired) electrons. The molecule has 0 bridgehead atoms. The summed E-state index contributed by atoms with van der Waals surface area (Å²) < 4.78 is 0. The van der Waals surface area contributed by atoms with Gasteiger partial charge in [0.1, 0.15) is 5.82 Å². The van der Waals surface area contributed by atoms with E-state index in [0.29, 0.717) is 11.3 Å². The number of nitro benzene ring substituents is 1. The van der Waals surface area contributed by atoms with E-state index in [4.69, 9.17) is 11.6 Å². The first-order chi connectivity index (χ1) is 11.6. The quantitative estimate of drug-likeness (QED) is 0.395. The Morgan fingerprint density at radius 1 is 1.17 bits per heavy atom. The number of aryl methyl sites for hydroxylation is 1. The number of hydrogen-bond acceptors (Lipinski definition) is 5. The fourth-order valence-corrected chi connectivity index (χ4v) is 3.32. The van der Waals surface area contributed by atoms with Gasteiger partial charge in [0.15, 0.2) is 0 Å². The molecule has 0 N–H and O–H groups in total. The Kier molecular flexibility index (Phi) is 3.54. The monoisotopic (exact) mass is 340 g/mol. The maximum atomic E-state index is 11.0. The van der Waals surface area contributed by atoms with E-state index in [-0.39, 0.29) is 11.0 Å². The number of benzene rings is 2. The van der Waals surface area contributed by atoms with Crippen LogP contribution < -0.4 is 4.90 Å². The van der Waals surface area contributed by atoms with Gasteiger partial charge in [0, 0.05) is 29.8 Å². The van der Waals surface area contributed by atoms with Crippen LogP contribution in [0.5, 0.6) is 0 Å². The molecule has 6 nitrogen and oxygen atoms in total. The molecule has 1 aliphatic rings. The molecular weight excluding hydrogens is 328 g/mol. The number of non-ortho nitro benzene ring substituents is 1. The van der Waals surface area contributed by atoms with Gasteiger partial charge in [-0.2, -0.15) is 4.98 Å². The standard InChI is InChI=1S/C17H13ClN4O2/c18-17-19-14-10-12(22(23)24)7-8-13(14)16(20-17)21-9-3-5-11-4-1-2-6-15(11)21/h1-2,4,6-8,10H,3,5,9H2. The molecular formula is C17H13ClN4O2. The fourth-order valence-electron chi connectivity index (χ4n) is 3.15. The van der Waals surface area contributed by atoms with Crippen molar-refractivity contribution >= 4 is 39.7 Å². The summed E-state index contributed by atoms with van der Waals surface area (Å²) in [5, 5.41) is 11.8. The fraction of sp³-hybridized carbons (Fsp3) is 0.176. The van der Waals surface area contributed by atoms with Gasteiger partial charge in [0.05, 0.1) is 10.4 Å². The molecule has 24 heavy (non-hydrogen) atoms. The van der Waals surface area contributed by atoms with Crippen molar-refractivity contribution in [3.05, 3.63) is 63.4 Å². The molecule has 0 amide bonds. The minimum Gasteiger partial charge on any atom is -0.325 e. The van der Waals surface area contributed by atoms with Crippen LogP contribution in [0.2, 0.25) is 5.28 Å². The van der Waals surface area contributed by atoms with E-state index in [2.05, 4.69) is 27.0 Å². The zero-order valence-corrected chi connectivity index (χ0v) is 13.4. The van der Waals surface area contributed by atoms with Crippen LogP contribution in [-0.4, -0.2) is 21.4 Å². The van der Waals surface area contributed by atoms with Crippen LogP contribution in [0, 0.1) is 10.1 Å². The zero-order chi connectivity index (χ0) is 16.7. The second-order valence-corrected chi connectivity index (χ2v) is 6.00. The predicted octanol–water partition coefficient (Wildman–Crippen LogP) is 4.28. The zero-order valence-electron chi connectivity index (χ0n) is 12.6.